The molecule has 1 aliphatic rings. The van der Waals surface area contributed by atoms with E-state index in [4.69, 9.17) is 0 Å². The minimum absolute atomic E-state index is 0.104. The van der Waals surface area contributed by atoms with E-state index in [1.807, 2.05) is 60.7 Å². The Morgan fingerprint density at radius 2 is 1.66 bits per heavy atom. The lowest BCUT2D eigenvalue weighted by Crippen LogP contribution is -2.53. The maximum atomic E-state index is 14.0. The highest BCUT2D eigenvalue weighted by molar-refractivity contribution is 7.88. The summed E-state index contributed by atoms with van der Waals surface area (Å²) in [4.78, 5) is 47.0. The fourth-order valence-electron chi connectivity index (χ4n) is 4.90. The van der Waals surface area contributed by atoms with Gasteiger partial charge in [0.1, 0.15) is 11.8 Å². The van der Waals surface area contributed by atoms with Gasteiger partial charge in [0, 0.05) is 25.7 Å². The van der Waals surface area contributed by atoms with Crippen molar-refractivity contribution < 1.29 is 22.8 Å². The van der Waals surface area contributed by atoms with Gasteiger partial charge >= 0.3 is 0 Å². The summed E-state index contributed by atoms with van der Waals surface area (Å²) in [6.07, 6.45) is 3.24. The molecule has 2 N–H and O–H groups in total. The van der Waals surface area contributed by atoms with Crippen LogP contribution in [0.15, 0.2) is 65.7 Å². The molecular weight excluding hydrogens is 542 g/mol. The average Bonchev–Trinajstić information content (AvgIpc) is 3.42. The standard InChI is InChI=1S/C30H41N5O5S/c1-22(31-3)28(36)32-23(2)29(37)35-18-11-16-26(35)21-34(19-17-24-12-7-5-8-13-24)30(38)27(33-41(4,39)40)20-25-14-9-6-10-15-25/h5-10,12-15,22,26-27,31,33H,11,16-21H2,1-4H3/b32-23+/t22-,26-,27+/m0/s1. The van der Waals surface area contributed by atoms with Crippen molar-refractivity contribution in [3.8, 4) is 0 Å². The predicted octanol–water partition coefficient (Wildman–Crippen LogP) is 1.80. The number of hydrogen-bond donors (Lipinski definition) is 2. The number of carbonyl (C=O) groups excluding carboxylic acids is 3. The van der Waals surface area contributed by atoms with E-state index in [0.717, 1.165) is 23.8 Å². The Balaban J connectivity index is 1.86. The Labute approximate surface area is 243 Å². The molecule has 1 heterocycles. The topological polar surface area (TPSA) is 128 Å². The Kier molecular flexibility index (Phi) is 11.7. The van der Waals surface area contributed by atoms with Crippen molar-refractivity contribution in [2.45, 2.75) is 57.7 Å². The van der Waals surface area contributed by atoms with Gasteiger partial charge in [-0.15, -0.1) is 0 Å². The second-order valence-electron chi connectivity index (χ2n) is 10.5. The van der Waals surface area contributed by atoms with Gasteiger partial charge in [-0.25, -0.2) is 18.1 Å². The summed E-state index contributed by atoms with van der Waals surface area (Å²) in [5.41, 5.74) is 1.97. The van der Waals surface area contributed by atoms with Gasteiger partial charge in [0.2, 0.25) is 15.9 Å². The van der Waals surface area contributed by atoms with Crippen molar-refractivity contribution in [2.24, 2.45) is 4.99 Å². The Hall–Kier alpha value is -3.41. The predicted molar refractivity (Wildman–Crippen MR) is 160 cm³/mol. The van der Waals surface area contributed by atoms with Gasteiger partial charge in [0.25, 0.3) is 11.8 Å². The molecule has 1 saturated heterocycles. The molecule has 222 valence electrons. The fourth-order valence-corrected chi connectivity index (χ4v) is 5.60. The number of aliphatic imine (C=N–C) groups is 1. The summed E-state index contributed by atoms with van der Waals surface area (Å²) in [6, 6.07) is 17.2. The maximum Gasteiger partial charge on any atom is 0.268 e. The highest BCUT2D eigenvalue weighted by Crippen LogP contribution is 2.20. The second kappa shape index (κ2) is 15.0. The molecule has 1 fully saturated rings. The summed E-state index contributed by atoms with van der Waals surface area (Å²) < 4.78 is 27.1. The van der Waals surface area contributed by atoms with E-state index in [0.29, 0.717) is 25.9 Å². The quantitative estimate of drug-likeness (QED) is 0.346. The smallest absolute Gasteiger partial charge is 0.268 e. The minimum Gasteiger partial charge on any atom is -0.339 e. The van der Waals surface area contributed by atoms with Crippen molar-refractivity contribution in [2.75, 3.05) is 32.9 Å². The number of hydrogen-bond acceptors (Lipinski definition) is 6. The van der Waals surface area contributed by atoms with Crippen molar-refractivity contribution in [1.29, 1.82) is 0 Å². The lowest BCUT2D eigenvalue weighted by atomic mass is 10.0. The molecule has 41 heavy (non-hydrogen) atoms. The lowest BCUT2D eigenvalue weighted by Gasteiger charge is -2.33. The van der Waals surface area contributed by atoms with Crippen LogP contribution in [0.25, 0.3) is 0 Å². The van der Waals surface area contributed by atoms with Crippen molar-refractivity contribution in [3.63, 3.8) is 0 Å². The van der Waals surface area contributed by atoms with E-state index < -0.39 is 28.0 Å². The van der Waals surface area contributed by atoms with Gasteiger partial charge in [-0.3, -0.25) is 14.4 Å². The van der Waals surface area contributed by atoms with Crippen LogP contribution in [0.2, 0.25) is 0 Å². The summed E-state index contributed by atoms with van der Waals surface area (Å²) >= 11 is 0. The summed E-state index contributed by atoms with van der Waals surface area (Å²) in [7, 11) is -2.04. The van der Waals surface area contributed by atoms with Crippen LogP contribution in [0.5, 0.6) is 0 Å². The van der Waals surface area contributed by atoms with Gasteiger partial charge in [-0.2, -0.15) is 0 Å². The molecule has 2 aromatic carbocycles. The highest BCUT2D eigenvalue weighted by atomic mass is 32.2. The Bertz CT molecular complexity index is 1320. The van der Waals surface area contributed by atoms with E-state index in [2.05, 4.69) is 15.0 Å². The molecule has 0 aliphatic carbocycles. The van der Waals surface area contributed by atoms with E-state index >= 15 is 0 Å². The number of benzene rings is 2. The van der Waals surface area contributed by atoms with Crippen LogP contribution in [0.4, 0.5) is 0 Å². The molecule has 1 aliphatic heterocycles. The molecule has 0 spiro atoms. The number of nitrogens with zero attached hydrogens (tertiary/aromatic N) is 3. The molecule has 0 bridgehead atoms. The molecule has 0 aromatic heterocycles. The zero-order chi connectivity index (χ0) is 30.0. The third kappa shape index (κ3) is 9.87. The highest BCUT2D eigenvalue weighted by Gasteiger charge is 2.35. The molecule has 3 atom stereocenters. The molecule has 3 amide bonds. The van der Waals surface area contributed by atoms with Crippen LogP contribution in [0, 0.1) is 0 Å². The number of sulfonamides is 1. The SMILES string of the molecule is CN[C@@H](C)C(=O)/N=C(\C)C(=O)N1CCC[C@H]1CN(CCc1ccccc1)C(=O)[C@@H](Cc1ccccc1)NS(C)(=O)=O. The van der Waals surface area contributed by atoms with Crippen molar-refractivity contribution in [3.05, 3.63) is 71.8 Å². The van der Waals surface area contributed by atoms with Gasteiger partial charge in [0.05, 0.1) is 12.3 Å². The molecule has 0 radical (unpaired) electrons. The molecule has 3 rings (SSSR count). The molecular formula is C30H41N5O5S. The Morgan fingerprint density at radius 3 is 2.24 bits per heavy atom. The first-order chi connectivity index (χ1) is 19.5. The van der Waals surface area contributed by atoms with E-state index in [-0.39, 0.29) is 36.5 Å². The van der Waals surface area contributed by atoms with Crippen LogP contribution in [0.1, 0.15) is 37.8 Å². The first-order valence-corrected chi connectivity index (χ1v) is 15.8. The van der Waals surface area contributed by atoms with Gasteiger partial charge in [0.15, 0.2) is 0 Å². The van der Waals surface area contributed by atoms with Crippen LogP contribution in [0.3, 0.4) is 0 Å². The van der Waals surface area contributed by atoms with Crippen LogP contribution >= 0.6 is 0 Å². The fraction of sp³-hybridized carbons (Fsp3) is 0.467. The number of amides is 3. The number of carbonyl (C=O) groups is 3. The van der Waals surface area contributed by atoms with E-state index in [1.54, 1.807) is 23.8 Å². The molecule has 10 nitrogen and oxygen atoms in total. The molecule has 11 heteroatoms. The first-order valence-electron chi connectivity index (χ1n) is 13.9. The van der Waals surface area contributed by atoms with Crippen LogP contribution < -0.4 is 10.0 Å². The normalized spacial score (nSPS) is 17.2. The minimum atomic E-state index is -3.69. The van der Waals surface area contributed by atoms with Crippen molar-refractivity contribution in [1.82, 2.24) is 19.8 Å². The summed E-state index contributed by atoms with van der Waals surface area (Å²) in [5, 5.41) is 2.82. The molecule has 0 unspecified atom stereocenters. The number of likely N-dealkylation sites (N-methyl/N-ethyl adjacent to an activating group) is 1. The van der Waals surface area contributed by atoms with E-state index in [9.17, 15) is 22.8 Å². The number of likely N-dealkylation sites (tertiary alicyclic amines) is 1. The lowest BCUT2D eigenvalue weighted by molar-refractivity contribution is -0.135. The monoisotopic (exact) mass is 583 g/mol. The van der Waals surface area contributed by atoms with E-state index in [1.165, 1.54) is 6.92 Å². The van der Waals surface area contributed by atoms with Crippen LogP contribution in [-0.2, 0) is 37.2 Å². The average molecular weight is 584 g/mol. The second-order valence-corrected chi connectivity index (χ2v) is 12.3. The number of rotatable bonds is 13. The summed E-state index contributed by atoms with van der Waals surface area (Å²) in [6.45, 7) is 4.28. The summed E-state index contributed by atoms with van der Waals surface area (Å²) in [5.74, 6) is -1.11. The van der Waals surface area contributed by atoms with Gasteiger partial charge in [-0.1, -0.05) is 60.7 Å². The number of nitrogens with one attached hydrogen (secondary N) is 2. The molecule has 0 saturated carbocycles. The largest absolute Gasteiger partial charge is 0.339 e. The maximum absolute atomic E-state index is 14.0. The third-order valence-electron chi connectivity index (χ3n) is 7.22. The first kappa shape index (κ1) is 32.1. The Morgan fingerprint density at radius 1 is 1.05 bits per heavy atom. The van der Waals surface area contributed by atoms with Crippen molar-refractivity contribution >= 4 is 33.5 Å². The zero-order valence-corrected chi connectivity index (χ0v) is 25.1. The van der Waals surface area contributed by atoms with Crippen LogP contribution in [-0.4, -0.2) is 92.7 Å². The molecule has 2 aromatic rings. The third-order valence-corrected chi connectivity index (χ3v) is 7.93. The zero-order valence-electron chi connectivity index (χ0n) is 24.2. The van der Waals surface area contributed by atoms with Gasteiger partial charge < -0.3 is 15.1 Å². The van der Waals surface area contributed by atoms with Gasteiger partial charge in [-0.05, 0) is 57.7 Å².